The zero-order valence-corrected chi connectivity index (χ0v) is 13.0. The molecule has 0 atom stereocenters. The van der Waals surface area contributed by atoms with E-state index in [2.05, 4.69) is 16.7 Å². The van der Waals surface area contributed by atoms with Crippen molar-refractivity contribution in [3.05, 3.63) is 21.4 Å². The van der Waals surface area contributed by atoms with Gasteiger partial charge in [0.05, 0.1) is 4.88 Å². The lowest BCUT2D eigenvalue weighted by Crippen LogP contribution is -2.41. The van der Waals surface area contributed by atoms with Crippen LogP contribution in [0.4, 0.5) is 0 Å². The highest BCUT2D eigenvalue weighted by molar-refractivity contribution is 7.14. The van der Waals surface area contributed by atoms with Gasteiger partial charge in [0.15, 0.2) is 0 Å². The maximum Gasteiger partial charge on any atom is 0.261 e. The van der Waals surface area contributed by atoms with E-state index in [0.717, 1.165) is 24.1 Å². The second kappa shape index (κ2) is 6.27. The fraction of sp³-hybridized carbons (Fsp3) is 0.688. The highest BCUT2D eigenvalue weighted by Crippen LogP contribution is 2.30. The van der Waals surface area contributed by atoms with Gasteiger partial charge in [0, 0.05) is 17.0 Å². The van der Waals surface area contributed by atoms with E-state index in [1.54, 1.807) is 11.3 Å². The maximum atomic E-state index is 12.4. The van der Waals surface area contributed by atoms with Crippen LogP contribution in [0, 0.1) is 0 Å². The van der Waals surface area contributed by atoms with Crippen LogP contribution < -0.4 is 10.6 Å². The van der Waals surface area contributed by atoms with E-state index in [1.165, 1.54) is 42.5 Å². The SMILES string of the molecule is CNC1CCC(NC(=O)c2cc3c(s2)CCCC3)CC1. The van der Waals surface area contributed by atoms with Crippen LogP contribution in [0.15, 0.2) is 6.07 Å². The van der Waals surface area contributed by atoms with Gasteiger partial charge in [-0.25, -0.2) is 0 Å². The molecule has 3 nitrogen and oxygen atoms in total. The molecule has 3 rings (SSSR count). The molecule has 1 amide bonds. The lowest BCUT2D eigenvalue weighted by molar-refractivity contribution is 0.0929. The third-order valence-electron chi connectivity index (χ3n) is 4.69. The number of fused-ring (bicyclic) bond motifs is 1. The Bertz CT molecular complexity index is 451. The summed E-state index contributed by atoms with van der Waals surface area (Å²) in [4.78, 5) is 14.7. The van der Waals surface area contributed by atoms with E-state index in [1.807, 2.05) is 7.05 Å². The number of aryl methyl sites for hydroxylation is 2. The number of hydrogen-bond acceptors (Lipinski definition) is 3. The van der Waals surface area contributed by atoms with Crippen molar-refractivity contribution in [1.82, 2.24) is 10.6 Å². The fourth-order valence-electron chi connectivity index (χ4n) is 3.39. The number of nitrogens with one attached hydrogen (secondary N) is 2. The zero-order valence-electron chi connectivity index (χ0n) is 12.2. The van der Waals surface area contributed by atoms with E-state index in [4.69, 9.17) is 0 Å². The second-order valence-electron chi connectivity index (χ2n) is 6.08. The highest BCUT2D eigenvalue weighted by atomic mass is 32.1. The van der Waals surface area contributed by atoms with Crippen molar-refractivity contribution in [2.24, 2.45) is 0 Å². The van der Waals surface area contributed by atoms with E-state index in [-0.39, 0.29) is 5.91 Å². The normalized spacial score (nSPS) is 26.1. The molecule has 110 valence electrons. The number of amides is 1. The number of carbonyl (C=O) groups excluding carboxylic acids is 1. The Labute approximate surface area is 125 Å². The molecule has 0 saturated heterocycles. The van der Waals surface area contributed by atoms with E-state index >= 15 is 0 Å². The summed E-state index contributed by atoms with van der Waals surface area (Å²) in [5, 5.41) is 6.56. The summed E-state index contributed by atoms with van der Waals surface area (Å²) in [5.74, 6) is 0.150. The third kappa shape index (κ3) is 3.07. The first-order chi connectivity index (χ1) is 9.76. The maximum absolute atomic E-state index is 12.4. The Hall–Kier alpha value is -0.870. The molecule has 20 heavy (non-hydrogen) atoms. The monoisotopic (exact) mass is 292 g/mol. The molecule has 1 aromatic heterocycles. The van der Waals surface area contributed by atoms with Crippen LogP contribution in [0.2, 0.25) is 0 Å². The lowest BCUT2D eigenvalue weighted by atomic mass is 9.91. The Balaban J connectivity index is 1.58. The molecule has 4 heteroatoms. The van der Waals surface area contributed by atoms with Crippen LogP contribution in [-0.2, 0) is 12.8 Å². The molecule has 1 aromatic rings. The smallest absolute Gasteiger partial charge is 0.261 e. The summed E-state index contributed by atoms with van der Waals surface area (Å²) in [6.45, 7) is 0. The van der Waals surface area contributed by atoms with Crippen molar-refractivity contribution in [2.75, 3.05) is 7.05 Å². The first kappa shape index (κ1) is 14.1. The molecule has 1 heterocycles. The molecule has 2 N–H and O–H groups in total. The van der Waals surface area contributed by atoms with Crippen LogP contribution >= 0.6 is 11.3 Å². The van der Waals surface area contributed by atoms with Crippen LogP contribution in [0.3, 0.4) is 0 Å². The summed E-state index contributed by atoms with van der Waals surface area (Å²) >= 11 is 1.71. The largest absolute Gasteiger partial charge is 0.349 e. The molecular weight excluding hydrogens is 268 g/mol. The van der Waals surface area contributed by atoms with Gasteiger partial charge in [-0.1, -0.05) is 0 Å². The van der Waals surface area contributed by atoms with Gasteiger partial charge in [0.25, 0.3) is 5.91 Å². The molecule has 1 fully saturated rings. The number of hydrogen-bond donors (Lipinski definition) is 2. The summed E-state index contributed by atoms with van der Waals surface area (Å²) in [6.07, 6.45) is 9.42. The van der Waals surface area contributed by atoms with Crippen molar-refractivity contribution in [3.63, 3.8) is 0 Å². The van der Waals surface area contributed by atoms with Crippen LogP contribution in [0.1, 0.15) is 58.6 Å². The molecule has 0 bridgehead atoms. The number of thiophene rings is 1. The highest BCUT2D eigenvalue weighted by Gasteiger charge is 2.23. The van der Waals surface area contributed by atoms with Gasteiger partial charge in [-0.05, 0) is 70.0 Å². The van der Waals surface area contributed by atoms with Gasteiger partial charge in [0.2, 0.25) is 0 Å². The van der Waals surface area contributed by atoms with Crippen molar-refractivity contribution < 1.29 is 4.79 Å². The Morgan fingerprint density at radius 3 is 2.55 bits per heavy atom. The number of rotatable bonds is 3. The van der Waals surface area contributed by atoms with Crippen LogP contribution in [0.25, 0.3) is 0 Å². The molecule has 1 saturated carbocycles. The van der Waals surface area contributed by atoms with Gasteiger partial charge in [-0.15, -0.1) is 11.3 Å². The molecule has 0 unspecified atom stereocenters. The molecular formula is C16H24N2OS. The topological polar surface area (TPSA) is 41.1 Å². The minimum atomic E-state index is 0.150. The van der Waals surface area contributed by atoms with Gasteiger partial charge >= 0.3 is 0 Å². The summed E-state index contributed by atoms with van der Waals surface area (Å²) in [6, 6.07) is 3.14. The molecule has 0 aliphatic heterocycles. The van der Waals surface area contributed by atoms with Gasteiger partial charge in [0.1, 0.15) is 0 Å². The Morgan fingerprint density at radius 2 is 1.85 bits per heavy atom. The molecule has 0 aromatic carbocycles. The van der Waals surface area contributed by atoms with E-state index < -0.39 is 0 Å². The Kier molecular flexibility index (Phi) is 4.41. The minimum Gasteiger partial charge on any atom is -0.349 e. The van der Waals surface area contributed by atoms with Gasteiger partial charge in [-0.2, -0.15) is 0 Å². The van der Waals surface area contributed by atoms with Gasteiger partial charge < -0.3 is 10.6 Å². The second-order valence-corrected chi connectivity index (χ2v) is 7.21. The average Bonchev–Trinajstić information content (AvgIpc) is 2.92. The summed E-state index contributed by atoms with van der Waals surface area (Å²) in [7, 11) is 2.03. The summed E-state index contributed by atoms with van der Waals surface area (Å²) in [5.41, 5.74) is 1.42. The van der Waals surface area contributed by atoms with E-state index in [9.17, 15) is 4.79 Å². The zero-order chi connectivity index (χ0) is 13.9. The van der Waals surface area contributed by atoms with Gasteiger partial charge in [-0.3, -0.25) is 4.79 Å². The molecule has 0 spiro atoms. The standard InChI is InChI=1S/C16H24N2OS/c1-17-12-6-8-13(9-7-12)18-16(19)15-10-11-4-2-3-5-14(11)20-15/h10,12-13,17H,2-9H2,1H3,(H,18,19). The van der Waals surface area contributed by atoms with Crippen LogP contribution in [0.5, 0.6) is 0 Å². The number of carbonyl (C=O) groups is 1. The van der Waals surface area contributed by atoms with E-state index in [0.29, 0.717) is 12.1 Å². The molecule has 2 aliphatic carbocycles. The third-order valence-corrected chi connectivity index (χ3v) is 5.93. The first-order valence-corrected chi connectivity index (χ1v) is 8.67. The van der Waals surface area contributed by atoms with Crippen LogP contribution in [-0.4, -0.2) is 25.0 Å². The summed E-state index contributed by atoms with van der Waals surface area (Å²) < 4.78 is 0. The molecule has 2 aliphatic rings. The van der Waals surface area contributed by atoms with Crippen molar-refractivity contribution >= 4 is 17.2 Å². The molecule has 0 radical (unpaired) electrons. The quantitative estimate of drug-likeness (QED) is 0.899. The fourth-order valence-corrected chi connectivity index (χ4v) is 4.54. The first-order valence-electron chi connectivity index (χ1n) is 7.86. The van der Waals surface area contributed by atoms with Crippen molar-refractivity contribution in [3.8, 4) is 0 Å². The predicted octanol–water partition coefficient (Wildman–Crippen LogP) is 2.89. The van der Waals surface area contributed by atoms with Crippen molar-refractivity contribution in [2.45, 2.75) is 63.5 Å². The predicted molar refractivity (Wildman–Crippen MR) is 83.5 cm³/mol. The Morgan fingerprint density at radius 1 is 1.15 bits per heavy atom. The average molecular weight is 292 g/mol. The van der Waals surface area contributed by atoms with Crippen molar-refractivity contribution in [1.29, 1.82) is 0 Å². The minimum absolute atomic E-state index is 0.150. The lowest BCUT2D eigenvalue weighted by Gasteiger charge is -2.28.